The van der Waals surface area contributed by atoms with Crippen LogP contribution in [0.2, 0.25) is 0 Å². The molecule has 0 fully saturated rings. The van der Waals surface area contributed by atoms with E-state index in [4.69, 9.17) is 0 Å². The van der Waals surface area contributed by atoms with Gasteiger partial charge in [-0.3, -0.25) is 0 Å². The van der Waals surface area contributed by atoms with Crippen molar-refractivity contribution in [3.8, 4) is 5.75 Å². The molecule has 3 aromatic rings. The van der Waals surface area contributed by atoms with Gasteiger partial charge in [0, 0.05) is 4.47 Å². The fourth-order valence-electron chi connectivity index (χ4n) is 2.05. The van der Waals surface area contributed by atoms with E-state index in [2.05, 4.69) is 25.9 Å². The van der Waals surface area contributed by atoms with Crippen molar-refractivity contribution < 1.29 is 5.11 Å². The van der Waals surface area contributed by atoms with Crippen molar-refractivity contribution in [2.75, 3.05) is 0 Å². The predicted octanol–water partition coefficient (Wildman–Crippen LogP) is 3.87. The summed E-state index contributed by atoms with van der Waals surface area (Å²) >= 11 is 3.48. The van der Waals surface area contributed by atoms with Crippen LogP contribution in [-0.2, 0) is 0 Å². The smallest absolute Gasteiger partial charge is 0.143 e. The molecule has 0 saturated heterocycles. The highest BCUT2D eigenvalue weighted by atomic mass is 79.9. The largest absolute Gasteiger partial charge is 0.506 e. The van der Waals surface area contributed by atoms with Crippen molar-refractivity contribution in [3.05, 3.63) is 39.9 Å². The number of fused-ring (bicyclic) bond motifs is 2. The zero-order valence-electron chi connectivity index (χ0n) is 10.0. The monoisotopic (exact) mass is 302 g/mol. The van der Waals surface area contributed by atoms with E-state index in [9.17, 15) is 5.11 Å². The highest BCUT2D eigenvalue weighted by Crippen LogP contribution is 2.30. The first-order chi connectivity index (χ1) is 8.58. The normalized spacial score (nSPS) is 11.3. The van der Waals surface area contributed by atoms with E-state index in [0.29, 0.717) is 5.52 Å². The first kappa shape index (κ1) is 11.4. The molecule has 0 atom stereocenters. The van der Waals surface area contributed by atoms with E-state index in [0.717, 1.165) is 32.1 Å². The average Bonchev–Trinajstić information content (AvgIpc) is 2.37. The summed E-state index contributed by atoms with van der Waals surface area (Å²) in [6.45, 7) is 3.98. The van der Waals surface area contributed by atoms with Crippen LogP contribution in [-0.4, -0.2) is 15.1 Å². The summed E-state index contributed by atoms with van der Waals surface area (Å²) in [5.41, 5.74) is 5.04. The van der Waals surface area contributed by atoms with Crippen molar-refractivity contribution in [2.45, 2.75) is 13.8 Å². The van der Waals surface area contributed by atoms with E-state index in [1.165, 1.54) is 0 Å². The maximum absolute atomic E-state index is 9.90. The minimum absolute atomic E-state index is 0.165. The molecular formula is C14H11BrN2O. The maximum atomic E-state index is 9.90. The summed E-state index contributed by atoms with van der Waals surface area (Å²) in [7, 11) is 0. The summed E-state index contributed by atoms with van der Waals surface area (Å²) in [6.07, 6.45) is 0. The molecule has 0 aliphatic carbocycles. The Morgan fingerprint density at radius 1 is 0.833 bits per heavy atom. The van der Waals surface area contributed by atoms with E-state index < -0.39 is 0 Å². The van der Waals surface area contributed by atoms with Gasteiger partial charge in [-0.15, -0.1) is 0 Å². The molecule has 0 amide bonds. The lowest BCUT2D eigenvalue weighted by molar-refractivity contribution is 0.480. The van der Waals surface area contributed by atoms with Gasteiger partial charge in [-0.2, -0.15) is 0 Å². The van der Waals surface area contributed by atoms with Crippen LogP contribution >= 0.6 is 15.9 Å². The quantitative estimate of drug-likeness (QED) is 0.641. The third-order valence-corrected chi connectivity index (χ3v) is 3.72. The van der Waals surface area contributed by atoms with Crippen LogP contribution in [0.3, 0.4) is 0 Å². The molecular weight excluding hydrogens is 292 g/mol. The highest BCUT2D eigenvalue weighted by molar-refractivity contribution is 9.10. The first-order valence-electron chi connectivity index (χ1n) is 5.63. The zero-order chi connectivity index (χ0) is 12.9. The van der Waals surface area contributed by atoms with Gasteiger partial charge in [0.2, 0.25) is 0 Å². The van der Waals surface area contributed by atoms with Crippen molar-refractivity contribution in [2.24, 2.45) is 0 Å². The number of rotatable bonds is 0. The molecule has 1 N–H and O–H groups in total. The number of aromatic nitrogens is 2. The van der Waals surface area contributed by atoms with Gasteiger partial charge in [-0.05, 0) is 53.0 Å². The minimum atomic E-state index is 0.165. The maximum Gasteiger partial charge on any atom is 0.143 e. The van der Waals surface area contributed by atoms with E-state index >= 15 is 0 Å². The number of hydrogen-bond donors (Lipinski definition) is 1. The molecule has 0 unspecified atom stereocenters. The van der Waals surface area contributed by atoms with Crippen LogP contribution in [0.1, 0.15) is 11.1 Å². The second-order valence-corrected chi connectivity index (χ2v) is 5.24. The standard InChI is InChI=1S/C14H11BrN2O/c1-7-3-5-9(15)13-11(7)16-12-8(2)4-6-10(18)14(12)17-13/h3-6,18H,1-2H3. The number of aryl methyl sites for hydroxylation is 2. The SMILES string of the molecule is Cc1ccc(O)c2nc3c(Br)ccc(C)c3nc12. The molecule has 90 valence electrons. The molecule has 1 aromatic heterocycles. The van der Waals surface area contributed by atoms with Gasteiger partial charge in [0.05, 0.1) is 11.0 Å². The number of benzene rings is 2. The number of nitrogens with zero attached hydrogens (tertiary/aromatic N) is 2. The molecule has 0 aliphatic rings. The van der Waals surface area contributed by atoms with E-state index in [1.807, 2.05) is 32.0 Å². The van der Waals surface area contributed by atoms with Gasteiger partial charge in [0.15, 0.2) is 0 Å². The second kappa shape index (κ2) is 3.92. The van der Waals surface area contributed by atoms with Crippen LogP contribution in [0, 0.1) is 13.8 Å². The summed E-state index contributed by atoms with van der Waals surface area (Å²) < 4.78 is 0.887. The van der Waals surface area contributed by atoms with Gasteiger partial charge in [0.25, 0.3) is 0 Å². The van der Waals surface area contributed by atoms with Crippen LogP contribution in [0.4, 0.5) is 0 Å². The highest BCUT2D eigenvalue weighted by Gasteiger charge is 2.11. The van der Waals surface area contributed by atoms with Crippen LogP contribution in [0.25, 0.3) is 22.1 Å². The lowest BCUT2D eigenvalue weighted by Gasteiger charge is -2.08. The summed E-state index contributed by atoms with van der Waals surface area (Å²) in [5, 5.41) is 9.90. The second-order valence-electron chi connectivity index (χ2n) is 4.38. The number of phenolic OH excluding ortho intramolecular Hbond substituents is 1. The number of aromatic hydroxyl groups is 1. The van der Waals surface area contributed by atoms with Crippen LogP contribution < -0.4 is 0 Å². The van der Waals surface area contributed by atoms with Crippen molar-refractivity contribution in [3.63, 3.8) is 0 Å². The van der Waals surface area contributed by atoms with E-state index in [1.54, 1.807) is 6.07 Å². The molecule has 1 heterocycles. The van der Waals surface area contributed by atoms with Crippen molar-refractivity contribution in [1.82, 2.24) is 9.97 Å². The third kappa shape index (κ3) is 1.56. The predicted molar refractivity (Wildman–Crippen MR) is 75.9 cm³/mol. The Kier molecular flexibility index (Phi) is 2.48. The molecule has 4 heteroatoms. The Labute approximate surface area is 113 Å². The lowest BCUT2D eigenvalue weighted by Crippen LogP contribution is -1.93. The van der Waals surface area contributed by atoms with Gasteiger partial charge < -0.3 is 5.11 Å². The molecule has 18 heavy (non-hydrogen) atoms. The molecule has 0 saturated carbocycles. The topological polar surface area (TPSA) is 46.0 Å². The molecule has 3 nitrogen and oxygen atoms in total. The fourth-order valence-corrected chi connectivity index (χ4v) is 2.46. The Hall–Kier alpha value is -1.68. The van der Waals surface area contributed by atoms with E-state index in [-0.39, 0.29) is 5.75 Å². The number of halogens is 1. The summed E-state index contributed by atoms with van der Waals surface area (Å²) in [5.74, 6) is 0.165. The molecule has 2 aromatic carbocycles. The molecule has 0 bridgehead atoms. The number of phenols is 1. The Morgan fingerprint density at radius 2 is 1.39 bits per heavy atom. The van der Waals surface area contributed by atoms with Gasteiger partial charge in [0.1, 0.15) is 16.8 Å². The summed E-state index contributed by atoms with van der Waals surface area (Å²) in [4.78, 5) is 9.18. The Bertz CT molecular complexity index is 655. The minimum Gasteiger partial charge on any atom is -0.506 e. The van der Waals surface area contributed by atoms with Gasteiger partial charge in [-0.1, -0.05) is 12.1 Å². The first-order valence-corrected chi connectivity index (χ1v) is 6.42. The Morgan fingerprint density at radius 3 is 2.11 bits per heavy atom. The number of hydrogen-bond acceptors (Lipinski definition) is 3. The summed E-state index contributed by atoms with van der Waals surface area (Å²) in [6, 6.07) is 7.46. The molecule has 0 radical (unpaired) electrons. The third-order valence-electron chi connectivity index (χ3n) is 3.08. The molecule has 0 aliphatic heterocycles. The zero-order valence-corrected chi connectivity index (χ0v) is 11.6. The van der Waals surface area contributed by atoms with Crippen LogP contribution in [0.15, 0.2) is 28.7 Å². The van der Waals surface area contributed by atoms with Crippen LogP contribution in [0.5, 0.6) is 5.75 Å². The van der Waals surface area contributed by atoms with Crippen molar-refractivity contribution in [1.29, 1.82) is 0 Å². The van der Waals surface area contributed by atoms with Crippen molar-refractivity contribution >= 4 is 38.0 Å². The molecule has 0 spiro atoms. The van der Waals surface area contributed by atoms with Gasteiger partial charge in [-0.25, -0.2) is 9.97 Å². The Balaban J connectivity index is 2.59. The molecule has 3 rings (SSSR count). The lowest BCUT2D eigenvalue weighted by atomic mass is 10.1. The average molecular weight is 303 g/mol. The fraction of sp³-hybridized carbons (Fsp3) is 0.143. The van der Waals surface area contributed by atoms with Gasteiger partial charge >= 0.3 is 0 Å².